The second kappa shape index (κ2) is 5.55. The molecule has 0 aromatic carbocycles. The van der Waals surface area contributed by atoms with Crippen molar-refractivity contribution in [3.8, 4) is 0 Å². The van der Waals surface area contributed by atoms with Gasteiger partial charge in [-0.05, 0) is 39.5 Å². The molecule has 4 nitrogen and oxygen atoms in total. The minimum absolute atomic E-state index is 0.0146. The molecule has 18 heavy (non-hydrogen) atoms. The van der Waals surface area contributed by atoms with E-state index in [4.69, 9.17) is 4.52 Å². The number of carbonyl (C=O) groups excluding carboxylic acids is 1. The number of piperidine rings is 1. The lowest BCUT2D eigenvalue weighted by molar-refractivity contribution is 0.0500. The van der Waals surface area contributed by atoms with Crippen LogP contribution in [-0.4, -0.2) is 28.0 Å². The Kier molecular flexibility index (Phi) is 4.04. The zero-order valence-corrected chi connectivity index (χ0v) is 11.5. The normalized spacial score (nSPS) is 24.3. The van der Waals surface area contributed by atoms with Crippen molar-refractivity contribution in [3.05, 3.63) is 17.5 Å². The van der Waals surface area contributed by atoms with E-state index < -0.39 is 0 Å². The summed E-state index contributed by atoms with van der Waals surface area (Å²) in [5.74, 6) is 0.818. The fraction of sp³-hybridized carbons (Fsp3) is 0.714. The molecule has 2 rings (SSSR count). The first-order valence-corrected chi connectivity index (χ1v) is 6.91. The highest BCUT2D eigenvalue weighted by molar-refractivity contribution is 5.92. The van der Waals surface area contributed by atoms with E-state index in [0.717, 1.165) is 31.4 Å². The predicted octanol–water partition coefficient (Wildman–Crippen LogP) is 3.03. The third kappa shape index (κ3) is 2.57. The van der Waals surface area contributed by atoms with Gasteiger partial charge in [0, 0.05) is 24.6 Å². The maximum Gasteiger partial charge on any atom is 0.276 e. The van der Waals surface area contributed by atoms with Crippen LogP contribution in [0, 0.1) is 0 Å². The SMILES string of the molecule is CCCc1cc(C(=O)N2C(C)CCCC2C)no1. The van der Waals surface area contributed by atoms with Gasteiger partial charge in [0.15, 0.2) is 5.69 Å². The number of aromatic nitrogens is 1. The summed E-state index contributed by atoms with van der Waals surface area (Å²) in [6.07, 6.45) is 5.20. The van der Waals surface area contributed by atoms with Gasteiger partial charge in [0.1, 0.15) is 5.76 Å². The Hall–Kier alpha value is -1.32. The van der Waals surface area contributed by atoms with Crippen LogP contribution in [0.2, 0.25) is 0 Å². The number of rotatable bonds is 3. The van der Waals surface area contributed by atoms with Crippen LogP contribution in [0.1, 0.15) is 62.7 Å². The topological polar surface area (TPSA) is 46.3 Å². The van der Waals surface area contributed by atoms with Gasteiger partial charge < -0.3 is 9.42 Å². The average Bonchev–Trinajstić information content (AvgIpc) is 2.78. The molecule has 2 atom stereocenters. The highest BCUT2D eigenvalue weighted by atomic mass is 16.5. The quantitative estimate of drug-likeness (QED) is 0.828. The van der Waals surface area contributed by atoms with Gasteiger partial charge in [0.05, 0.1) is 0 Å². The summed E-state index contributed by atoms with van der Waals surface area (Å²) in [4.78, 5) is 14.4. The van der Waals surface area contributed by atoms with Crippen molar-refractivity contribution in [1.82, 2.24) is 10.1 Å². The van der Waals surface area contributed by atoms with Crippen molar-refractivity contribution in [2.45, 2.75) is 65.0 Å². The summed E-state index contributed by atoms with van der Waals surface area (Å²) < 4.78 is 5.19. The molecule has 1 aliphatic heterocycles. The maximum absolute atomic E-state index is 12.4. The van der Waals surface area contributed by atoms with Crippen LogP contribution in [0.4, 0.5) is 0 Å². The van der Waals surface area contributed by atoms with Gasteiger partial charge in [-0.3, -0.25) is 4.79 Å². The van der Waals surface area contributed by atoms with Gasteiger partial charge in [0.2, 0.25) is 0 Å². The van der Waals surface area contributed by atoms with E-state index in [-0.39, 0.29) is 5.91 Å². The third-order valence-corrected chi connectivity index (χ3v) is 3.70. The molecule has 1 aromatic rings. The molecule has 0 saturated carbocycles. The molecule has 2 heterocycles. The summed E-state index contributed by atoms with van der Waals surface area (Å²) in [5.41, 5.74) is 0.457. The molecular formula is C14H22N2O2. The van der Waals surface area contributed by atoms with Gasteiger partial charge in [-0.25, -0.2) is 0 Å². The highest BCUT2D eigenvalue weighted by Crippen LogP contribution is 2.24. The highest BCUT2D eigenvalue weighted by Gasteiger charge is 2.31. The van der Waals surface area contributed by atoms with Gasteiger partial charge in [-0.15, -0.1) is 0 Å². The molecule has 100 valence electrons. The Morgan fingerprint density at radius 1 is 1.44 bits per heavy atom. The molecule has 4 heteroatoms. The number of likely N-dealkylation sites (tertiary alicyclic amines) is 1. The Balaban J connectivity index is 2.13. The Bertz CT molecular complexity index is 404. The van der Waals surface area contributed by atoms with Crippen molar-refractivity contribution in [3.63, 3.8) is 0 Å². The first kappa shape index (κ1) is 13.1. The Morgan fingerprint density at radius 3 is 2.72 bits per heavy atom. The number of carbonyl (C=O) groups is 1. The van der Waals surface area contributed by atoms with Crippen LogP contribution in [0.3, 0.4) is 0 Å². The number of hydrogen-bond donors (Lipinski definition) is 0. The second-order valence-electron chi connectivity index (χ2n) is 5.27. The number of hydrogen-bond acceptors (Lipinski definition) is 3. The molecule has 1 fully saturated rings. The van der Waals surface area contributed by atoms with E-state index >= 15 is 0 Å². The van der Waals surface area contributed by atoms with Gasteiger partial charge >= 0.3 is 0 Å². The lowest BCUT2D eigenvalue weighted by atomic mass is 9.97. The molecule has 1 aromatic heterocycles. The van der Waals surface area contributed by atoms with Crippen LogP contribution in [-0.2, 0) is 6.42 Å². The van der Waals surface area contributed by atoms with Crippen LogP contribution in [0.25, 0.3) is 0 Å². The Labute approximate surface area is 108 Å². The molecule has 2 unspecified atom stereocenters. The molecule has 0 bridgehead atoms. The fourth-order valence-electron chi connectivity index (χ4n) is 2.73. The molecule has 1 amide bonds. The lowest BCUT2D eigenvalue weighted by Crippen LogP contribution is -2.47. The number of amides is 1. The van der Waals surface area contributed by atoms with Crippen molar-refractivity contribution < 1.29 is 9.32 Å². The smallest absolute Gasteiger partial charge is 0.276 e. The number of aryl methyl sites for hydroxylation is 1. The molecule has 0 N–H and O–H groups in total. The first-order valence-electron chi connectivity index (χ1n) is 6.91. The summed E-state index contributed by atoms with van der Waals surface area (Å²) >= 11 is 0. The van der Waals surface area contributed by atoms with Crippen LogP contribution >= 0.6 is 0 Å². The van der Waals surface area contributed by atoms with Crippen LogP contribution < -0.4 is 0 Å². The maximum atomic E-state index is 12.4. The third-order valence-electron chi connectivity index (χ3n) is 3.70. The lowest BCUT2D eigenvalue weighted by Gasteiger charge is -2.38. The van der Waals surface area contributed by atoms with Gasteiger partial charge in [-0.2, -0.15) is 0 Å². The van der Waals surface area contributed by atoms with Crippen molar-refractivity contribution >= 4 is 5.91 Å². The van der Waals surface area contributed by atoms with Crippen LogP contribution in [0.15, 0.2) is 10.6 Å². The zero-order valence-electron chi connectivity index (χ0n) is 11.5. The van der Waals surface area contributed by atoms with Gasteiger partial charge in [-0.1, -0.05) is 12.1 Å². The molecule has 1 saturated heterocycles. The fourth-order valence-corrected chi connectivity index (χ4v) is 2.73. The van der Waals surface area contributed by atoms with Gasteiger partial charge in [0.25, 0.3) is 5.91 Å². The summed E-state index contributed by atoms with van der Waals surface area (Å²) in [6, 6.07) is 2.39. The average molecular weight is 250 g/mol. The predicted molar refractivity (Wildman–Crippen MR) is 69.4 cm³/mol. The van der Waals surface area contributed by atoms with E-state index in [1.54, 1.807) is 6.07 Å². The van der Waals surface area contributed by atoms with Crippen molar-refractivity contribution in [2.75, 3.05) is 0 Å². The minimum atomic E-state index is 0.0146. The largest absolute Gasteiger partial charge is 0.361 e. The molecule has 0 spiro atoms. The van der Waals surface area contributed by atoms with Crippen LogP contribution in [0.5, 0.6) is 0 Å². The molecular weight excluding hydrogens is 228 g/mol. The minimum Gasteiger partial charge on any atom is -0.361 e. The second-order valence-corrected chi connectivity index (χ2v) is 5.27. The zero-order chi connectivity index (χ0) is 13.1. The first-order chi connectivity index (χ1) is 8.63. The van der Waals surface area contributed by atoms with Crippen molar-refractivity contribution in [1.29, 1.82) is 0 Å². The standard InChI is InChI=1S/C14H22N2O2/c1-4-6-12-9-13(15-18-12)14(17)16-10(2)7-5-8-11(16)3/h9-11H,4-8H2,1-3H3. The molecule has 0 aliphatic carbocycles. The monoisotopic (exact) mass is 250 g/mol. The summed E-state index contributed by atoms with van der Waals surface area (Å²) in [6.45, 7) is 6.31. The number of nitrogens with zero attached hydrogens (tertiary/aromatic N) is 2. The molecule has 1 aliphatic rings. The Morgan fingerprint density at radius 2 is 2.11 bits per heavy atom. The molecule has 0 radical (unpaired) electrons. The van der Waals surface area contributed by atoms with E-state index in [1.807, 2.05) is 4.90 Å². The van der Waals surface area contributed by atoms with E-state index in [9.17, 15) is 4.79 Å². The summed E-state index contributed by atoms with van der Waals surface area (Å²) in [5, 5.41) is 3.91. The van der Waals surface area contributed by atoms with E-state index in [2.05, 4.69) is 25.9 Å². The van der Waals surface area contributed by atoms with E-state index in [1.165, 1.54) is 6.42 Å². The van der Waals surface area contributed by atoms with E-state index in [0.29, 0.717) is 17.8 Å². The summed E-state index contributed by atoms with van der Waals surface area (Å²) in [7, 11) is 0. The van der Waals surface area contributed by atoms with Crippen molar-refractivity contribution in [2.24, 2.45) is 0 Å².